The van der Waals surface area contributed by atoms with Crippen molar-refractivity contribution >= 4 is 34.9 Å². The number of rotatable bonds is 8. The van der Waals surface area contributed by atoms with E-state index in [1.807, 2.05) is 35.2 Å². The first-order valence-corrected chi connectivity index (χ1v) is 9.98. The summed E-state index contributed by atoms with van der Waals surface area (Å²) in [6, 6.07) is 7.87. The van der Waals surface area contributed by atoms with Crippen LogP contribution in [0.1, 0.15) is 39.5 Å². The van der Waals surface area contributed by atoms with E-state index < -0.39 is 17.4 Å². The second-order valence-corrected chi connectivity index (χ2v) is 7.48. The molecule has 0 radical (unpaired) electrons. The number of hydrogen-bond donors (Lipinski definition) is 0. The summed E-state index contributed by atoms with van der Waals surface area (Å²) in [4.78, 5) is 29.4. The van der Waals surface area contributed by atoms with Crippen LogP contribution in [-0.4, -0.2) is 39.4 Å². The smallest absolute Gasteiger partial charge is 0.323 e. The van der Waals surface area contributed by atoms with Crippen LogP contribution in [0, 0.1) is 5.41 Å². The van der Waals surface area contributed by atoms with Crippen LogP contribution in [-0.2, 0) is 19.1 Å². The second-order valence-electron chi connectivity index (χ2n) is 6.49. The lowest BCUT2D eigenvalue weighted by molar-refractivity contribution is -0.165. The largest absolute Gasteiger partial charge is 0.465 e. The molecule has 3 rings (SSSR count). The van der Waals surface area contributed by atoms with Crippen LogP contribution in [0.5, 0.6) is 0 Å². The van der Waals surface area contributed by atoms with Gasteiger partial charge < -0.3 is 9.47 Å². The van der Waals surface area contributed by atoms with Crippen molar-refractivity contribution in [2.45, 2.75) is 45.6 Å². The average molecular weight is 376 g/mol. The highest BCUT2D eigenvalue weighted by Gasteiger charge is 2.55. The number of imidazole rings is 1. The number of fused-ring (bicyclic) bond motifs is 1. The van der Waals surface area contributed by atoms with Crippen LogP contribution in [0.15, 0.2) is 30.6 Å². The highest BCUT2D eigenvalue weighted by Crippen LogP contribution is 2.41. The van der Waals surface area contributed by atoms with E-state index in [1.54, 1.807) is 13.3 Å². The quantitative estimate of drug-likeness (QED) is 0.518. The summed E-state index contributed by atoms with van der Waals surface area (Å²) in [5.74, 6) is -0.316. The van der Waals surface area contributed by atoms with Gasteiger partial charge in [-0.3, -0.25) is 13.6 Å². The second kappa shape index (κ2) is 8.12. The van der Waals surface area contributed by atoms with Gasteiger partial charge in [0.15, 0.2) is 5.41 Å². The predicted molar refractivity (Wildman–Crippen MR) is 101 cm³/mol. The fourth-order valence-electron chi connectivity index (χ4n) is 3.29. The number of hydrogen-bond acceptors (Lipinski definition) is 6. The molecule has 7 heteroatoms. The highest BCUT2D eigenvalue weighted by molar-refractivity contribution is 7.98. The average Bonchev–Trinajstić information content (AvgIpc) is 3.20. The number of benzene rings is 1. The van der Waals surface area contributed by atoms with E-state index in [4.69, 9.17) is 9.47 Å². The number of ether oxygens (including phenoxy) is 2. The van der Waals surface area contributed by atoms with Gasteiger partial charge in [-0.15, -0.1) is 0 Å². The Balaban J connectivity index is 1.70. The minimum Gasteiger partial charge on any atom is -0.465 e. The number of aromatic nitrogens is 2. The van der Waals surface area contributed by atoms with Crippen molar-refractivity contribution in [2.75, 3.05) is 12.4 Å². The number of unbranched alkanes of at least 4 members (excludes halogenated alkanes) is 1. The zero-order chi connectivity index (χ0) is 18.6. The molecule has 26 heavy (non-hydrogen) atoms. The molecular weight excluding hydrogens is 352 g/mol. The minimum atomic E-state index is -1.14. The van der Waals surface area contributed by atoms with Crippen molar-refractivity contribution in [3.8, 4) is 0 Å². The van der Waals surface area contributed by atoms with Gasteiger partial charge in [0.05, 0.1) is 23.4 Å². The molecule has 1 saturated heterocycles. The Labute approximate surface area is 157 Å². The third kappa shape index (κ3) is 3.58. The molecule has 0 amide bonds. The van der Waals surface area contributed by atoms with E-state index in [2.05, 4.69) is 4.98 Å². The van der Waals surface area contributed by atoms with Crippen molar-refractivity contribution in [3.63, 3.8) is 0 Å². The molecule has 1 aliphatic heterocycles. The molecule has 1 aromatic heterocycles. The molecule has 2 atom stereocenters. The molecule has 0 aliphatic carbocycles. The molecule has 0 saturated carbocycles. The Kier molecular flexibility index (Phi) is 5.86. The summed E-state index contributed by atoms with van der Waals surface area (Å²) in [5.41, 5.74) is 0.797. The first-order valence-electron chi connectivity index (χ1n) is 9.04. The van der Waals surface area contributed by atoms with Crippen LogP contribution in [0.2, 0.25) is 0 Å². The van der Waals surface area contributed by atoms with Crippen molar-refractivity contribution in [2.24, 2.45) is 5.41 Å². The standard InChI is InChI=1S/C19H24N2O4S/c1-3-5-10-19(17(22)24-4-2)11-14(25-18(19)23)12-26-21-13-20-15-8-6-7-9-16(15)21/h6-9,13-14H,3-5,10-12H2,1-2H3. The van der Waals surface area contributed by atoms with Crippen LogP contribution in [0.4, 0.5) is 0 Å². The monoisotopic (exact) mass is 376 g/mol. The topological polar surface area (TPSA) is 70.4 Å². The normalized spacial score (nSPS) is 22.5. The lowest BCUT2D eigenvalue weighted by atomic mass is 9.80. The molecule has 1 aliphatic rings. The van der Waals surface area contributed by atoms with E-state index in [0.29, 0.717) is 18.6 Å². The van der Waals surface area contributed by atoms with Crippen LogP contribution < -0.4 is 0 Å². The molecule has 1 fully saturated rings. The molecule has 140 valence electrons. The van der Waals surface area contributed by atoms with E-state index in [1.165, 1.54) is 11.9 Å². The van der Waals surface area contributed by atoms with Gasteiger partial charge in [0.1, 0.15) is 12.4 Å². The van der Waals surface area contributed by atoms with Crippen LogP contribution in [0.3, 0.4) is 0 Å². The molecule has 0 spiro atoms. The molecule has 0 N–H and O–H groups in total. The molecule has 6 nitrogen and oxygen atoms in total. The van der Waals surface area contributed by atoms with Gasteiger partial charge in [0.2, 0.25) is 0 Å². The van der Waals surface area contributed by atoms with Gasteiger partial charge in [0, 0.05) is 6.42 Å². The molecule has 2 aromatic rings. The van der Waals surface area contributed by atoms with E-state index in [9.17, 15) is 9.59 Å². The Morgan fingerprint density at radius 2 is 2.23 bits per heavy atom. The summed E-state index contributed by atoms with van der Waals surface area (Å²) in [5, 5.41) is 0. The zero-order valence-electron chi connectivity index (χ0n) is 15.1. The molecule has 1 aromatic carbocycles. The van der Waals surface area contributed by atoms with Gasteiger partial charge >= 0.3 is 11.9 Å². The Bertz CT molecular complexity index is 791. The van der Waals surface area contributed by atoms with Gasteiger partial charge in [-0.25, -0.2) is 4.98 Å². The molecule has 2 heterocycles. The Morgan fingerprint density at radius 3 is 3.00 bits per heavy atom. The van der Waals surface area contributed by atoms with Crippen molar-refractivity contribution in [3.05, 3.63) is 30.6 Å². The fraction of sp³-hybridized carbons (Fsp3) is 0.526. The summed E-state index contributed by atoms with van der Waals surface area (Å²) in [6.45, 7) is 4.06. The lowest BCUT2D eigenvalue weighted by Crippen LogP contribution is -2.37. The molecular formula is C19H24N2O4S. The van der Waals surface area contributed by atoms with Gasteiger partial charge in [-0.05, 0) is 37.4 Å². The lowest BCUT2D eigenvalue weighted by Gasteiger charge is -2.22. The maximum absolute atomic E-state index is 12.6. The highest BCUT2D eigenvalue weighted by atomic mass is 32.2. The summed E-state index contributed by atoms with van der Waals surface area (Å²) < 4.78 is 12.7. The maximum atomic E-state index is 12.6. The minimum absolute atomic E-state index is 0.264. The summed E-state index contributed by atoms with van der Waals surface area (Å²) in [7, 11) is 0. The third-order valence-electron chi connectivity index (χ3n) is 4.68. The molecule has 0 bridgehead atoms. The van der Waals surface area contributed by atoms with Gasteiger partial charge in [0.25, 0.3) is 0 Å². The SMILES string of the molecule is CCCCC1(C(=O)OCC)CC(CSn2cnc3ccccc32)OC1=O. The van der Waals surface area contributed by atoms with Crippen molar-refractivity contribution in [1.29, 1.82) is 0 Å². The maximum Gasteiger partial charge on any atom is 0.323 e. The Morgan fingerprint density at radius 1 is 1.42 bits per heavy atom. The van der Waals surface area contributed by atoms with E-state index in [0.717, 1.165) is 23.9 Å². The van der Waals surface area contributed by atoms with Gasteiger partial charge in [-0.2, -0.15) is 0 Å². The van der Waals surface area contributed by atoms with Crippen molar-refractivity contribution in [1.82, 2.24) is 8.96 Å². The third-order valence-corrected chi connectivity index (χ3v) is 5.77. The summed E-state index contributed by atoms with van der Waals surface area (Å²) in [6.07, 6.45) is 4.02. The number of esters is 2. The first kappa shape index (κ1) is 18.8. The fourth-order valence-corrected chi connectivity index (χ4v) is 4.21. The number of nitrogens with zero attached hydrogens (tertiary/aromatic N) is 2. The van der Waals surface area contributed by atoms with E-state index >= 15 is 0 Å². The number of cyclic esters (lactones) is 1. The first-order chi connectivity index (χ1) is 12.6. The Hall–Kier alpha value is -2.02. The molecule has 2 unspecified atom stereocenters. The number of carbonyl (C=O) groups excluding carboxylic acids is 2. The summed E-state index contributed by atoms with van der Waals surface area (Å²) >= 11 is 1.53. The zero-order valence-corrected chi connectivity index (χ0v) is 16.0. The van der Waals surface area contributed by atoms with Crippen LogP contribution >= 0.6 is 11.9 Å². The number of carbonyl (C=O) groups is 2. The van der Waals surface area contributed by atoms with Crippen LogP contribution in [0.25, 0.3) is 11.0 Å². The van der Waals surface area contributed by atoms with E-state index in [-0.39, 0.29) is 12.7 Å². The van der Waals surface area contributed by atoms with Gasteiger partial charge in [-0.1, -0.05) is 31.9 Å². The number of para-hydroxylation sites is 2. The van der Waals surface area contributed by atoms with Crippen molar-refractivity contribution < 1.29 is 19.1 Å². The predicted octanol–water partition coefficient (Wildman–Crippen LogP) is 3.59.